The number of nitrogens with one attached hydrogen (secondary N) is 2. The molecule has 0 unspecified atom stereocenters. The Kier molecular flexibility index (Phi) is 7.26. The number of hydrogen-bond acceptors (Lipinski definition) is 5. The topological polar surface area (TPSA) is 79.9 Å². The number of amides is 2. The molecule has 1 aliphatic rings. The minimum atomic E-state index is -0.407. The van der Waals surface area contributed by atoms with E-state index in [1.807, 2.05) is 51.1 Å². The number of alkyl carbamates (subject to hydrolysis) is 2. The molecule has 0 spiro atoms. The van der Waals surface area contributed by atoms with Gasteiger partial charge in [0.2, 0.25) is 0 Å². The van der Waals surface area contributed by atoms with E-state index in [0.717, 1.165) is 25.1 Å². The maximum Gasteiger partial charge on any atom is 0.407 e. The first-order valence-corrected chi connectivity index (χ1v) is 8.96. The second-order valence-electron chi connectivity index (χ2n) is 7.50. The van der Waals surface area contributed by atoms with Crippen LogP contribution < -0.4 is 10.6 Å². The number of benzene rings is 1. The third-order valence-corrected chi connectivity index (χ3v) is 3.92. The summed E-state index contributed by atoms with van der Waals surface area (Å²) in [6.07, 6.45) is 0.0478. The lowest BCUT2D eigenvalue weighted by Crippen LogP contribution is -2.42. The number of nitrogens with zero attached hydrogens (tertiary/aromatic N) is 1. The van der Waals surface area contributed by atoms with Crippen LogP contribution in [0.2, 0.25) is 0 Å². The van der Waals surface area contributed by atoms with Crippen molar-refractivity contribution in [1.29, 1.82) is 0 Å². The van der Waals surface area contributed by atoms with Gasteiger partial charge in [-0.25, -0.2) is 9.59 Å². The van der Waals surface area contributed by atoms with Gasteiger partial charge in [0.1, 0.15) is 13.2 Å². The predicted molar refractivity (Wildman–Crippen MR) is 98.8 cm³/mol. The van der Waals surface area contributed by atoms with E-state index in [1.54, 1.807) is 0 Å². The molecule has 26 heavy (non-hydrogen) atoms. The maximum atomic E-state index is 11.9. The fourth-order valence-corrected chi connectivity index (χ4v) is 2.69. The lowest BCUT2D eigenvalue weighted by molar-refractivity contribution is 0.124. The van der Waals surface area contributed by atoms with Crippen molar-refractivity contribution in [1.82, 2.24) is 15.5 Å². The van der Waals surface area contributed by atoms with Crippen LogP contribution in [0, 0.1) is 0 Å². The van der Waals surface area contributed by atoms with Crippen molar-refractivity contribution in [2.75, 3.05) is 26.2 Å². The first-order valence-electron chi connectivity index (χ1n) is 8.96. The molecule has 144 valence electrons. The van der Waals surface area contributed by atoms with Crippen LogP contribution in [0.4, 0.5) is 9.59 Å². The normalized spacial score (nSPS) is 17.6. The molecule has 1 fully saturated rings. The zero-order valence-electron chi connectivity index (χ0n) is 15.8. The highest BCUT2D eigenvalue weighted by atomic mass is 16.6. The molecule has 0 radical (unpaired) electrons. The molecule has 0 aliphatic carbocycles. The molecule has 0 bridgehead atoms. The molecule has 0 aromatic heterocycles. The number of ether oxygens (including phenoxy) is 2. The maximum absolute atomic E-state index is 11.9. The first-order chi connectivity index (χ1) is 12.3. The average molecular weight is 363 g/mol. The molecule has 1 atom stereocenters. The van der Waals surface area contributed by atoms with E-state index in [-0.39, 0.29) is 18.2 Å². The molecule has 0 saturated carbocycles. The van der Waals surface area contributed by atoms with E-state index < -0.39 is 12.2 Å². The van der Waals surface area contributed by atoms with E-state index in [2.05, 4.69) is 15.5 Å². The Morgan fingerprint density at radius 3 is 2.58 bits per heavy atom. The predicted octanol–water partition coefficient (Wildman–Crippen LogP) is 2.51. The highest BCUT2D eigenvalue weighted by molar-refractivity contribution is 5.68. The highest BCUT2D eigenvalue weighted by Crippen LogP contribution is 2.09. The average Bonchev–Trinajstić information content (AvgIpc) is 2.99. The lowest BCUT2D eigenvalue weighted by atomic mass is 10.1. The van der Waals surface area contributed by atoms with E-state index in [0.29, 0.717) is 13.2 Å². The lowest BCUT2D eigenvalue weighted by Gasteiger charge is -2.21. The Morgan fingerprint density at radius 1 is 1.15 bits per heavy atom. The number of rotatable bonds is 6. The van der Waals surface area contributed by atoms with Crippen LogP contribution in [-0.2, 0) is 16.1 Å². The van der Waals surface area contributed by atoms with Crippen molar-refractivity contribution in [2.45, 2.75) is 45.4 Å². The quantitative estimate of drug-likeness (QED) is 0.812. The van der Waals surface area contributed by atoms with Gasteiger partial charge in [-0.15, -0.1) is 0 Å². The Morgan fingerprint density at radius 2 is 1.88 bits per heavy atom. The van der Waals surface area contributed by atoms with Gasteiger partial charge >= 0.3 is 12.2 Å². The van der Waals surface area contributed by atoms with Crippen molar-refractivity contribution in [3.63, 3.8) is 0 Å². The van der Waals surface area contributed by atoms with E-state index in [4.69, 9.17) is 9.47 Å². The van der Waals surface area contributed by atoms with Crippen molar-refractivity contribution in [3.05, 3.63) is 35.9 Å². The summed E-state index contributed by atoms with van der Waals surface area (Å²) >= 11 is 0. The van der Waals surface area contributed by atoms with Gasteiger partial charge in [0, 0.05) is 31.2 Å². The molecule has 1 aromatic carbocycles. The summed E-state index contributed by atoms with van der Waals surface area (Å²) in [4.78, 5) is 25.7. The highest BCUT2D eigenvalue weighted by Gasteiger charge is 2.24. The fourth-order valence-electron chi connectivity index (χ4n) is 2.69. The third-order valence-electron chi connectivity index (χ3n) is 3.92. The monoisotopic (exact) mass is 363 g/mol. The molecular formula is C19H29N3O4. The minimum absolute atomic E-state index is 0.0571. The molecule has 2 N–H and O–H groups in total. The van der Waals surface area contributed by atoms with Gasteiger partial charge in [-0.05, 0) is 32.8 Å². The van der Waals surface area contributed by atoms with Crippen molar-refractivity contribution in [3.8, 4) is 0 Å². The first kappa shape index (κ1) is 20.0. The summed E-state index contributed by atoms with van der Waals surface area (Å²) < 4.78 is 10.4. The summed E-state index contributed by atoms with van der Waals surface area (Å²) in [7, 11) is 0. The Hall–Kier alpha value is -2.28. The summed E-state index contributed by atoms with van der Waals surface area (Å²) in [5.74, 6) is 0. The molecule has 7 nitrogen and oxygen atoms in total. The van der Waals surface area contributed by atoms with Crippen LogP contribution in [0.5, 0.6) is 0 Å². The zero-order chi connectivity index (χ0) is 19.0. The SMILES string of the molecule is CC(C)(C)NC(=O)OCCN1CC[C@@H](NC(=O)OCc2ccccc2)C1. The van der Waals surface area contributed by atoms with Gasteiger partial charge in [-0.1, -0.05) is 30.3 Å². The van der Waals surface area contributed by atoms with E-state index in [1.165, 1.54) is 0 Å². The summed E-state index contributed by atoms with van der Waals surface area (Å²) in [5, 5.41) is 5.64. The molecule has 2 amide bonds. The summed E-state index contributed by atoms with van der Waals surface area (Å²) in [6.45, 7) is 8.53. The number of carbonyl (C=O) groups excluding carboxylic acids is 2. The number of carbonyl (C=O) groups is 2. The molecule has 1 aliphatic heterocycles. The Labute approximate surface area is 155 Å². The van der Waals surface area contributed by atoms with Gasteiger partial charge in [-0.3, -0.25) is 4.90 Å². The van der Waals surface area contributed by atoms with Crippen LogP contribution in [0.1, 0.15) is 32.8 Å². The minimum Gasteiger partial charge on any atom is -0.448 e. The number of likely N-dealkylation sites (tertiary alicyclic amines) is 1. The largest absolute Gasteiger partial charge is 0.448 e. The Balaban J connectivity index is 1.59. The molecule has 1 heterocycles. The summed E-state index contributed by atoms with van der Waals surface area (Å²) in [5.41, 5.74) is 0.654. The molecule has 1 saturated heterocycles. The van der Waals surface area contributed by atoms with Gasteiger partial charge in [0.15, 0.2) is 0 Å². The van der Waals surface area contributed by atoms with Crippen molar-refractivity contribution >= 4 is 12.2 Å². The third kappa shape index (κ3) is 7.74. The summed E-state index contributed by atoms with van der Waals surface area (Å²) in [6, 6.07) is 9.64. The van der Waals surface area contributed by atoms with Gasteiger partial charge < -0.3 is 20.1 Å². The molecular weight excluding hydrogens is 334 g/mol. The smallest absolute Gasteiger partial charge is 0.407 e. The standard InChI is InChI=1S/C19H29N3O4/c1-19(2,3)21-18(24)25-12-11-22-10-9-16(13-22)20-17(23)26-14-15-7-5-4-6-8-15/h4-8,16H,9-14H2,1-3H3,(H,20,23)(H,21,24)/t16-/m1/s1. The molecule has 7 heteroatoms. The van der Waals surface area contributed by atoms with Crippen LogP contribution >= 0.6 is 0 Å². The van der Waals surface area contributed by atoms with Gasteiger partial charge in [-0.2, -0.15) is 0 Å². The molecule has 1 aromatic rings. The van der Waals surface area contributed by atoms with Crippen molar-refractivity contribution < 1.29 is 19.1 Å². The van der Waals surface area contributed by atoms with E-state index >= 15 is 0 Å². The van der Waals surface area contributed by atoms with Crippen LogP contribution in [0.3, 0.4) is 0 Å². The Bertz CT molecular complexity index is 586. The van der Waals surface area contributed by atoms with Crippen molar-refractivity contribution in [2.24, 2.45) is 0 Å². The van der Waals surface area contributed by atoms with Gasteiger partial charge in [0.05, 0.1) is 0 Å². The van der Waals surface area contributed by atoms with Crippen LogP contribution in [0.15, 0.2) is 30.3 Å². The second-order valence-corrected chi connectivity index (χ2v) is 7.50. The van der Waals surface area contributed by atoms with E-state index in [9.17, 15) is 9.59 Å². The van der Waals surface area contributed by atoms with Crippen LogP contribution in [-0.4, -0.2) is 54.9 Å². The van der Waals surface area contributed by atoms with Gasteiger partial charge in [0.25, 0.3) is 0 Å². The zero-order valence-corrected chi connectivity index (χ0v) is 15.8. The second kappa shape index (κ2) is 9.43. The molecule has 2 rings (SSSR count). The fraction of sp³-hybridized carbons (Fsp3) is 0.579. The van der Waals surface area contributed by atoms with Crippen LogP contribution in [0.25, 0.3) is 0 Å². The number of hydrogen-bond donors (Lipinski definition) is 2.